The third-order valence-corrected chi connectivity index (χ3v) is 2.96. The molecule has 1 saturated heterocycles. The lowest BCUT2D eigenvalue weighted by Gasteiger charge is -2.29. The molecule has 1 aliphatic heterocycles. The average molecular weight is 267 g/mol. The van der Waals surface area contributed by atoms with E-state index in [1.54, 1.807) is 0 Å². The lowest BCUT2D eigenvalue weighted by Crippen LogP contribution is -2.46. The molecule has 0 bridgehead atoms. The Morgan fingerprint density at radius 1 is 1.53 bits per heavy atom. The molecule has 0 spiro atoms. The average Bonchev–Trinajstić information content (AvgIpc) is 2.39. The Morgan fingerprint density at radius 2 is 2.26 bits per heavy atom. The smallest absolute Gasteiger partial charge is 0.270 e. The number of morpholine rings is 1. The van der Waals surface area contributed by atoms with E-state index in [-0.39, 0.29) is 17.6 Å². The lowest BCUT2D eigenvalue weighted by atomic mass is 10.2. The van der Waals surface area contributed by atoms with E-state index in [1.807, 2.05) is 6.92 Å². The molecular weight excluding hydrogens is 249 g/mol. The van der Waals surface area contributed by atoms with Gasteiger partial charge in [-0.05, 0) is 19.1 Å². The van der Waals surface area contributed by atoms with Crippen molar-refractivity contribution in [1.29, 1.82) is 0 Å². The number of halogens is 1. The predicted molar refractivity (Wildman–Crippen MR) is 68.4 cm³/mol. The Balaban J connectivity index is 1.84. The first kappa shape index (κ1) is 13.9. The maximum absolute atomic E-state index is 12.9. The standard InChI is InChI=1S/C13H18FN3O2/c1-10(9-17-5-7-19-8-6-17)15-13(18)11-3-2-4-12(14)16-11/h2-4,10H,5-9H2,1H3,(H,15,18). The zero-order chi connectivity index (χ0) is 13.7. The molecule has 6 heteroatoms. The second-order valence-corrected chi connectivity index (χ2v) is 4.63. The molecule has 19 heavy (non-hydrogen) atoms. The summed E-state index contributed by atoms with van der Waals surface area (Å²) in [6.07, 6.45) is 0. The number of nitrogens with one attached hydrogen (secondary N) is 1. The fraction of sp³-hybridized carbons (Fsp3) is 0.538. The molecule has 104 valence electrons. The molecule has 0 aromatic carbocycles. The highest BCUT2D eigenvalue weighted by Crippen LogP contribution is 2.01. The molecule has 1 unspecified atom stereocenters. The molecule has 1 N–H and O–H groups in total. The second-order valence-electron chi connectivity index (χ2n) is 4.63. The first-order valence-electron chi connectivity index (χ1n) is 6.38. The maximum atomic E-state index is 12.9. The van der Waals surface area contributed by atoms with Crippen molar-refractivity contribution in [3.63, 3.8) is 0 Å². The van der Waals surface area contributed by atoms with Crippen LogP contribution in [0.5, 0.6) is 0 Å². The van der Waals surface area contributed by atoms with Gasteiger partial charge in [0.15, 0.2) is 0 Å². The normalized spacial score (nSPS) is 18.0. The predicted octanol–water partition coefficient (Wildman–Crippen LogP) is 0.671. The summed E-state index contributed by atoms with van der Waals surface area (Å²) in [7, 11) is 0. The summed E-state index contributed by atoms with van der Waals surface area (Å²) in [5.74, 6) is -0.992. The van der Waals surface area contributed by atoms with Crippen molar-refractivity contribution < 1.29 is 13.9 Å². The topological polar surface area (TPSA) is 54.5 Å². The number of amides is 1. The first-order chi connectivity index (χ1) is 9.15. The number of pyridine rings is 1. The van der Waals surface area contributed by atoms with E-state index in [9.17, 15) is 9.18 Å². The van der Waals surface area contributed by atoms with Crippen LogP contribution in [0.25, 0.3) is 0 Å². The van der Waals surface area contributed by atoms with Gasteiger partial charge in [-0.1, -0.05) is 6.07 Å². The summed E-state index contributed by atoms with van der Waals surface area (Å²) in [4.78, 5) is 17.7. The maximum Gasteiger partial charge on any atom is 0.270 e. The van der Waals surface area contributed by atoms with Gasteiger partial charge in [0.25, 0.3) is 5.91 Å². The highest BCUT2D eigenvalue weighted by molar-refractivity contribution is 5.92. The molecule has 2 heterocycles. The van der Waals surface area contributed by atoms with E-state index in [0.717, 1.165) is 32.8 Å². The molecule has 0 aliphatic carbocycles. The van der Waals surface area contributed by atoms with Gasteiger partial charge >= 0.3 is 0 Å². The lowest BCUT2D eigenvalue weighted by molar-refractivity contribution is 0.0342. The van der Waals surface area contributed by atoms with Crippen LogP contribution in [0.15, 0.2) is 18.2 Å². The molecule has 1 aromatic heterocycles. The van der Waals surface area contributed by atoms with Gasteiger partial charge in [0.1, 0.15) is 5.69 Å². The summed E-state index contributed by atoms with van der Waals surface area (Å²) in [5.41, 5.74) is 0.105. The Bertz CT molecular complexity index is 436. The van der Waals surface area contributed by atoms with Crippen LogP contribution < -0.4 is 5.32 Å². The number of carbonyl (C=O) groups excluding carboxylic acids is 1. The fourth-order valence-corrected chi connectivity index (χ4v) is 2.05. The van der Waals surface area contributed by atoms with Crippen molar-refractivity contribution in [2.75, 3.05) is 32.8 Å². The number of rotatable bonds is 4. The number of carbonyl (C=O) groups is 1. The summed E-state index contributed by atoms with van der Waals surface area (Å²) < 4.78 is 18.2. The first-order valence-corrected chi connectivity index (χ1v) is 6.38. The Kier molecular flexibility index (Phi) is 4.81. The monoisotopic (exact) mass is 267 g/mol. The minimum atomic E-state index is -0.645. The van der Waals surface area contributed by atoms with Gasteiger partial charge in [0.05, 0.1) is 13.2 Å². The van der Waals surface area contributed by atoms with Crippen molar-refractivity contribution in [2.24, 2.45) is 0 Å². The minimum absolute atomic E-state index is 0.0179. The van der Waals surface area contributed by atoms with Gasteiger partial charge in [-0.2, -0.15) is 4.39 Å². The number of nitrogens with zero attached hydrogens (tertiary/aromatic N) is 2. The quantitative estimate of drug-likeness (QED) is 0.815. The zero-order valence-corrected chi connectivity index (χ0v) is 10.9. The Morgan fingerprint density at radius 3 is 2.95 bits per heavy atom. The van der Waals surface area contributed by atoms with Crippen molar-refractivity contribution >= 4 is 5.91 Å². The molecule has 5 nitrogen and oxygen atoms in total. The van der Waals surface area contributed by atoms with Crippen LogP contribution in [-0.4, -0.2) is 54.7 Å². The van der Waals surface area contributed by atoms with Crippen LogP contribution in [0.3, 0.4) is 0 Å². The van der Waals surface area contributed by atoms with Gasteiger partial charge in [0.2, 0.25) is 5.95 Å². The molecule has 1 fully saturated rings. The zero-order valence-electron chi connectivity index (χ0n) is 10.9. The van der Waals surface area contributed by atoms with Gasteiger partial charge in [-0.15, -0.1) is 0 Å². The molecule has 1 atom stereocenters. The number of ether oxygens (including phenoxy) is 1. The van der Waals surface area contributed by atoms with Crippen molar-refractivity contribution in [2.45, 2.75) is 13.0 Å². The molecule has 2 rings (SSSR count). The van der Waals surface area contributed by atoms with Crippen LogP contribution in [0.4, 0.5) is 4.39 Å². The van der Waals surface area contributed by atoms with Crippen molar-refractivity contribution in [3.8, 4) is 0 Å². The second kappa shape index (κ2) is 6.58. The number of hydrogen-bond acceptors (Lipinski definition) is 4. The molecule has 1 aliphatic rings. The van der Waals surface area contributed by atoms with Crippen molar-refractivity contribution in [1.82, 2.24) is 15.2 Å². The summed E-state index contributed by atoms with van der Waals surface area (Å²) in [6, 6.07) is 4.17. The molecule has 0 saturated carbocycles. The van der Waals surface area contributed by atoms with Crippen LogP contribution in [0, 0.1) is 5.95 Å². The Labute approximate surface area is 111 Å². The summed E-state index contributed by atoms with van der Waals surface area (Å²) in [5, 5.41) is 2.82. The summed E-state index contributed by atoms with van der Waals surface area (Å²) >= 11 is 0. The molecular formula is C13H18FN3O2. The van der Waals surface area contributed by atoms with Crippen molar-refractivity contribution in [3.05, 3.63) is 29.8 Å². The van der Waals surface area contributed by atoms with Crippen LogP contribution >= 0.6 is 0 Å². The van der Waals surface area contributed by atoms with E-state index in [4.69, 9.17) is 4.74 Å². The third kappa shape index (κ3) is 4.25. The third-order valence-electron chi connectivity index (χ3n) is 2.96. The number of aromatic nitrogens is 1. The van der Waals surface area contributed by atoms with Gasteiger partial charge in [-0.3, -0.25) is 9.69 Å². The van der Waals surface area contributed by atoms with Gasteiger partial charge in [0, 0.05) is 25.7 Å². The van der Waals surface area contributed by atoms with E-state index in [1.165, 1.54) is 18.2 Å². The Hall–Kier alpha value is -1.53. The van der Waals surface area contributed by atoms with E-state index in [0.29, 0.717) is 0 Å². The van der Waals surface area contributed by atoms with E-state index in [2.05, 4.69) is 15.2 Å². The SMILES string of the molecule is CC(CN1CCOCC1)NC(=O)c1cccc(F)n1. The largest absolute Gasteiger partial charge is 0.379 e. The highest BCUT2D eigenvalue weighted by atomic mass is 19.1. The fourth-order valence-electron chi connectivity index (χ4n) is 2.05. The van der Waals surface area contributed by atoms with Gasteiger partial charge < -0.3 is 10.1 Å². The van der Waals surface area contributed by atoms with Gasteiger partial charge in [-0.25, -0.2) is 4.98 Å². The molecule has 1 aromatic rings. The summed E-state index contributed by atoms with van der Waals surface area (Å²) in [6.45, 7) is 5.88. The minimum Gasteiger partial charge on any atom is -0.379 e. The van der Waals surface area contributed by atoms with Crippen LogP contribution in [-0.2, 0) is 4.74 Å². The molecule has 0 radical (unpaired) electrons. The van der Waals surface area contributed by atoms with E-state index >= 15 is 0 Å². The highest BCUT2D eigenvalue weighted by Gasteiger charge is 2.16. The van der Waals surface area contributed by atoms with Crippen LogP contribution in [0.2, 0.25) is 0 Å². The van der Waals surface area contributed by atoms with E-state index < -0.39 is 5.95 Å². The van der Waals surface area contributed by atoms with Crippen LogP contribution in [0.1, 0.15) is 17.4 Å². The number of hydrogen-bond donors (Lipinski definition) is 1. The molecule has 1 amide bonds.